The summed E-state index contributed by atoms with van der Waals surface area (Å²) in [4.78, 5) is 20.8. The van der Waals surface area contributed by atoms with Crippen LogP contribution in [0.25, 0.3) is 0 Å². The van der Waals surface area contributed by atoms with Gasteiger partial charge in [0, 0.05) is 6.07 Å². The van der Waals surface area contributed by atoms with Gasteiger partial charge in [-0.3, -0.25) is 5.32 Å². The molecule has 0 saturated carbocycles. The van der Waals surface area contributed by atoms with Crippen molar-refractivity contribution < 1.29 is 19.3 Å². The molecule has 0 aliphatic heterocycles. The van der Waals surface area contributed by atoms with Gasteiger partial charge in [0.1, 0.15) is 0 Å². The number of hydrogen-bond acceptors (Lipinski definition) is 3. The van der Waals surface area contributed by atoms with E-state index in [1.807, 2.05) is 0 Å². The fourth-order valence-corrected chi connectivity index (χ4v) is 0.910. The van der Waals surface area contributed by atoms with Gasteiger partial charge in [-0.25, -0.2) is 4.79 Å². The second-order valence-electron chi connectivity index (χ2n) is 2.59. The summed E-state index contributed by atoms with van der Waals surface area (Å²) >= 11 is 0. The molecule has 6 heteroatoms. The molecule has 0 aromatic carbocycles. The second-order valence-corrected chi connectivity index (χ2v) is 2.59. The van der Waals surface area contributed by atoms with Crippen molar-refractivity contribution in [3.63, 3.8) is 0 Å². The first-order valence-electron chi connectivity index (χ1n) is 3.83. The van der Waals surface area contributed by atoms with Crippen molar-refractivity contribution >= 4 is 12.0 Å². The Hall–Kier alpha value is -2.11. The number of rotatable bonds is 3. The highest BCUT2D eigenvalue weighted by atomic mass is 16.4. The van der Waals surface area contributed by atoms with Crippen LogP contribution in [0.15, 0.2) is 24.5 Å². The maximum atomic E-state index is 10.5. The third-order valence-electron chi connectivity index (χ3n) is 1.53. The minimum Gasteiger partial charge on any atom is -0.545 e. The number of nitrogens with one attached hydrogen (secondary N) is 1. The van der Waals surface area contributed by atoms with Gasteiger partial charge in [-0.05, 0) is 6.07 Å². The zero-order valence-electron chi connectivity index (χ0n) is 7.27. The number of carbonyl (C=O) groups is 2. The zero-order chi connectivity index (χ0) is 10.6. The van der Waals surface area contributed by atoms with Crippen LogP contribution in [0.5, 0.6) is 0 Å². The summed E-state index contributed by atoms with van der Waals surface area (Å²) < 4.78 is 1.47. The lowest BCUT2D eigenvalue weighted by molar-refractivity contribution is -0.700. The molecular weight excluding hydrogens is 186 g/mol. The predicted octanol–water partition coefficient (Wildman–Crippen LogP) is -2.04. The number of nitrogens with two attached hydrogens (primary N) is 1. The van der Waals surface area contributed by atoms with Crippen LogP contribution in [-0.4, -0.2) is 12.0 Å². The molecule has 0 spiro atoms. The van der Waals surface area contributed by atoms with Crippen LogP contribution < -0.4 is 20.7 Å². The van der Waals surface area contributed by atoms with Gasteiger partial charge in [0.25, 0.3) is 0 Å². The molecule has 0 bridgehead atoms. The van der Waals surface area contributed by atoms with Gasteiger partial charge < -0.3 is 15.6 Å². The average molecular weight is 195 g/mol. The van der Waals surface area contributed by atoms with Crippen molar-refractivity contribution in [2.45, 2.75) is 6.67 Å². The summed E-state index contributed by atoms with van der Waals surface area (Å²) in [7, 11) is 0. The quantitative estimate of drug-likeness (QED) is 0.543. The fraction of sp³-hybridized carbons (Fsp3) is 0.125. The largest absolute Gasteiger partial charge is 0.545 e. The standard InChI is InChI=1S/C8H9N3O3/c9-8(14)10-5-11-3-1-2-6(4-11)7(12)13/h1-4H,5H2,(H3-,9,10,12,13,14). The normalized spacial score (nSPS) is 9.43. The average Bonchev–Trinajstić information content (AvgIpc) is 2.15. The van der Waals surface area contributed by atoms with Crippen LogP contribution in [0.4, 0.5) is 4.79 Å². The summed E-state index contributed by atoms with van der Waals surface area (Å²) in [6, 6.07) is 2.26. The monoisotopic (exact) mass is 195 g/mol. The van der Waals surface area contributed by atoms with Gasteiger partial charge in [0.2, 0.25) is 6.67 Å². The van der Waals surface area contributed by atoms with E-state index in [1.165, 1.54) is 22.9 Å². The van der Waals surface area contributed by atoms with E-state index in [-0.39, 0.29) is 12.2 Å². The zero-order valence-corrected chi connectivity index (χ0v) is 7.27. The van der Waals surface area contributed by atoms with Crippen molar-refractivity contribution in [2.24, 2.45) is 5.73 Å². The van der Waals surface area contributed by atoms with Crippen molar-refractivity contribution in [1.82, 2.24) is 5.32 Å². The summed E-state index contributed by atoms with van der Waals surface area (Å²) in [6.07, 6.45) is 2.94. The van der Waals surface area contributed by atoms with Gasteiger partial charge in [-0.2, -0.15) is 4.57 Å². The summed E-state index contributed by atoms with van der Waals surface area (Å²) in [5.41, 5.74) is 4.89. The number of hydrogen-bond donors (Lipinski definition) is 2. The lowest BCUT2D eigenvalue weighted by Crippen LogP contribution is -2.45. The first kappa shape index (κ1) is 9.97. The Morgan fingerprint density at radius 1 is 1.57 bits per heavy atom. The van der Waals surface area contributed by atoms with Crippen LogP contribution in [0.2, 0.25) is 0 Å². The van der Waals surface area contributed by atoms with E-state index in [9.17, 15) is 14.7 Å². The Bertz CT molecular complexity index is 365. The van der Waals surface area contributed by atoms with Gasteiger partial charge in [0.05, 0.1) is 11.5 Å². The predicted molar refractivity (Wildman–Crippen MR) is 43.7 cm³/mol. The van der Waals surface area contributed by atoms with E-state index in [2.05, 4.69) is 5.32 Å². The highest BCUT2D eigenvalue weighted by molar-refractivity contribution is 5.84. The molecule has 0 unspecified atom stereocenters. The van der Waals surface area contributed by atoms with E-state index < -0.39 is 12.0 Å². The third kappa shape index (κ3) is 2.74. The number of carboxylic acids is 1. The van der Waals surface area contributed by atoms with Gasteiger partial charge in [-0.15, -0.1) is 0 Å². The second kappa shape index (κ2) is 4.22. The van der Waals surface area contributed by atoms with Crippen LogP contribution in [0.3, 0.4) is 0 Å². The van der Waals surface area contributed by atoms with E-state index >= 15 is 0 Å². The van der Waals surface area contributed by atoms with E-state index in [1.54, 1.807) is 6.20 Å². The Labute approximate surface area is 80.0 Å². The minimum absolute atomic E-state index is 0.0405. The highest BCUT2D eigenvalue weighted by Gasteiger charge is 2.03. The molecule has 1 rings (SSSR count). The molecule has 1 heterocycles. The number of aromatic carboxylic acids is 1. The minimum atomic E-state index is -1.27. The molecule has 0 aliphatic rings. The fourth-order valence-electron chi connectivity index (χ4n) is 0.910. The number of urea groups is 1. The first-order chi connectivity index (χ1) is 6.59. The lowest BCUT2D eigenvalue weighted by Gasteiger charge is -2.01. The number of carboxylic acid groups (broad SMARTS) is 1. The number of primary amides is 1. The maximum Gasteiger partial charge on any atom is 0.316 e. The number of amides is 2. The van der Waals surface area contributed by atoms with Crippen molar-refractivity contribution in [3.8, 4) is 0 Å². The molecule has 1 aromatic heterocycles. The van der Waals surface area contributed by atoms with E-state index in [0.29, 0.717) is 0 Å². The van der Waals surface area contributed by atoms with Gasteiger partial charge in [0.15, 0.2) is 12.4 Å². The van der Waals surface area contributed by atoms with Crippen LogP contribution in [-0.2, 0) is 6.67 Å². The van der Waals surface area contributed by atoms with Gasteiger partial charge >= 0.3 is 6.03 Å². The molecule has 1 aromatic rings. The number of pyridine rings is 1. The van der Waals surface area contributed by atoms with Crippen LogP contribution in [0.1, 0.15) is 10.4 Å². The van der Waals surface area contributed by atoms with Crippen LogP contribution in [0, 0.1) is 0 Å². The Kier molecular flexibility index (Phi) is 3.01. The summed E-state index contributed by atoms with van der Waals surface area (Å²) in [6.45, 7) is 0.121. The maximum absolute atomic E-state index is 10.5. The van der Waals surface area contributed by atoms with E-state index in [4.69, 9.17) is 5.73 Å². The van der Waals surface area contributed by atoms with Crippen LogP contribution >= 0.6 is 0 Å². The van der Waals surface area contributed by atoms with E-state index in [0.717, 1.165) is 0 Å². The Morgan fingerprint density at radius 3 is 2.86 bits per heavy atom. The van der Waals surface area contributed by atoms with Gasteiger partial charge in [-0.1, -0.05) is 0 Å². The number of carbonyl (C=O) groups excluding carboxylic acids is 2. The number of nitrogens with zero attached hydrogens (tertiary/aromatic N) is 1. The van der Waals surface area contributed by atoms with Crippen molar-refractivity contribution in [1.29, 1.82) is 0 Å². The molecular formula is C8H9N3O3. The Morgan fingerprint density at radius 2 is 2.29 bits per heavy atom. The molecule has 0 saturated heterocycles. The topological polar surface area (TPSA) is 99.1 Å². The third-order valence-corrected chi connectivity index (χ3v) is 1.53. The molecule has 0 aliphatic carbocycles. The Balaban J connectivity index is 2.73. The van der Waals surface area contributed by atoms with Crippen molar-refractivity contribution in [2.75, 3.05) is 0 Å². The highest BCUT2D eigenvalue weighted by Crippen LogP contribution is 1.90. The summed E-state index contributed by atoms with van der Waals surface area (Å²) in [5, 5.41) is 12.8. The molecule has 0 fully saturated rings. The molecule has 3 N–H and O–H groups in total. The lowest BCUT2D eigenvalue weighted by atomic mass is 10.3. The smallest absolute Gasteiger partial charge is 0.316 e. The summed E-state index contributed by atoms with van der Waals surface area (Å²) in [5.74, 6) is -1.27. The molecule has 6 nitrogen and oxygen atoms in total. The molecule has 74 valence electrons. The molecule has 14 heavy (non-hydrogen) atoms. The number of aromatic nitrogens is 1. The SMILES string of the molecule is NC(=O)NC[n+]1cccc(C(=O)[O-])c1. The van der Waals surface area contributed by atoms with Crippen molar-refractivity contribution in [3.05, 3.63) is 30.1 Å². The first-order valence-corrected chi connectivity index (χ1v) is 3.83. The molecule has 0 atom stereocenters. The molecule has 0 radical (unpaired) electrons. The molecule has 2 amide bonds.